The highest BCUT2D eigenvalue weighted by molar-refractivity contribution is 6.35. The zero-order valence-electron chi connectivity index (χ0n) is 11.6. The minimum absolute atomic E-state index is 0.189. The molecule has 8 heteroatoms. The van der Waals surface area contributed by atoms with Crippen LogP contribution in [0.15, 0.2) is 18.2 Å². The number of anilines is 1. The molecular weight excluding hydrogens is 315 g/mol. The number of nitrogens with one attached hydrogen (secondary N) is 1. The fraction of sp³-hybridized carbons (Fsp3) is 0.308. The molecule has 0 aliphatic heterocycles. The highest BCUT2D eigenvalue weighted by Gasteiger charge is 2.07. The van der Waals surface area contributed by atoms with Gasteiger partial charge in [-0.3, -0.25) is 0 Å². The normalized spacial score (nSPS) is 10.3. The summed E-state index contributed by atoms with van der Waals surface area (Å²) in [6, 6.07) is 5.79. The summed E-state index contributed by atoms with van der Waals surface area (Å²) in [5.74, 6) is 0.379. The lowest BCUT2D eigenvalue weighted by atomic mass is 10.1. The van der Waals surface area contributed by atoms with Crippen molar-refractivity contribution < 1.29 is 9.47 Å². The molecule has 0 unspecified atom stereocenters. The van der Waals surface area contributed by atoms with Gasteiger partial charge in [0, 0.05) is 16.6 Å². The minimum atomic E-state index is 0.189. The monoisotopic (exact) mass is 328 g/mol. The zero-order chi connectivity index (χ0) is 15.2. The summed E-state index contributed by atoms with van der Waals surface area (Å²) < 4.78 is 9.95. The van der Waals surface area contributed by atoms with Crippen LogP contribution in [0.25, 0.3) is 0 Å². The molecular formula is C13H14Cl2N4O2. The maximum atomic E-state index is 6.11. The Morgan fingerprint density at radius 2 is 1.71 bits per heavy atom. The summed E-state index contributed by atoms with van der Waals surface area (Å²) in [4.78, 5) is 12.1. The number of halogens is 2. The predicted octanol–water partition coefficient (Wildman–Crippen LogP) is 2.85. The third kappa shape index (κ3) is 4.34. The van der Waals surface area contributed by atoms with E-state index in [1.165, 1.54) is 14.2 Å². The van der Waals surface area contributed by atoms with E-state index >= 15 is 0 Å². The Balaban J connectivity index is 1.99. The molecule has 2 rings (SSSR count). The third-order valence-electron chi connectivity index (χ3n) is 2.65. The van der Waals surface area contributed by atoms with Crippen molar-refractivity contribution in [1.82, 2.24) is 15.0 Å². The smallest absolute Gasteiger partial charge is 0.324 e. The van der Waals surface area contributed by atoms with Crippen molar-refractivity contribution in [2.75, 3.05) is 26.1 Å². The van der Waals surface area contributed by atoms with Crippen molar-refractivity contribution in [3.63, 3.8) is 0 Å². The quantitative estimate of drug-likeness (QED) is 0.879. The zero-order valence-corrected chi connectivity index (χ0v) is 13.1. The molecule has 0 saturated carbocycles. The van der Waals surface area contributed by atoms with Crippen molar-refractivity contribution in [2.45, 2.75) is 6.42 Å². The van der Waals surface area contributed by atoms with Crippen LogP contribution in [0.1, 0.15) is 5.56 Å². The SMILES string of the molecule is COc1nc(NCCc2ccc(Cl)cc2Cl)nc(OC)n1. The summed E-state index contributed by atoms with van der Waals surface area (Å²) in [5.41, 5.74) is 0.988. The highest BCUT2D eigenvalue weighted by atomic mass is 35.5. The number of methoxy groups -OCH3 is 2. The van der Waals surface area contributed by atoms with Crippen LogP contribution in [-0.2, 0) is 6.42 Å². The lowest BCUT2D eigenvalue weighted by Crippen LogP contribution is -2.10. The van der Waals surface area contributed by atoms with E-state index in [-0.39, 0.29) is 12.0 Å². The Bertz CT molecular complexity index is 603. The van der Waals surface area contributed by atoms with E-state index in [0.717, 1.165) is 5.56 Å². The standard InChI is InChI=1S/C13H14Cl2N4O2/c1-20-12-17-11(18-13(19-12)21-2)16-6-5-8-3-4-9(14)7-10(8)15/h3-4,7H,5-6H2,1-2H3,(H,16,17,18,19). The van der Waals surface area contributed by atoms with Gasteiger partial charge in [0.25, 0.3) is 0 Å². The van der Waals surface area contributed by atoms with E-state index < -0.39 is 0 Å². The van der Waals surface area contributed by atoms with Gasteiger partial charge in [-0.15, -0.1) is 4.98 Å². The van der Waals surface area contributed by atoms with E-state index in [0.29, 0.717) is 29.0 Å². The van der Waals surface area contributed by atoms with Gasteiger partial charge >= 0.3 is 12.0 Å². The van der Waals surface area contributed by atoms with E-state index in [9.17, 15) is 0 Å². The topological polar surface area (TPSA) is 69.2 Å². The molecule has 1 aromatic carbocycles. The van der Waals surface area contributed by atoms with Gasteiger partial charge < -0.3 is 14.8 Å². The van der Waals surface area contributed by atoms with Gasteiger partial charge in [0.15, 0.2) is 0 Å². The number of ether oxygens (including phenoxy) is 2. The van der Waals surface area contributed by atoms with Crippen LogP contribution in [0.5, 0.6) is 12.0 Å². The summed E-state index contributed by atoms with van der Waals surface area (Å²) in [7, 11) is 2.96. The minimum Gasteiger partial charge on any atom is -0.467 e. The fourth-order valence-electron chi connectivity index (χ4n) is 1.63. The van der Waals surface area contributed by atoms with Crippen molar-refractivity contribution >= 4 is 29.2 Å². The van der Waals surface area contributed by atoms with Crippen LogP contribution in [0, 0.1) is 0 Å². The first-order chi connectivity index (χ1) is 10.1. The van der Waals surface area contributed by atoms with Gasteiger partial charge in [-0.2, -0.15) is 9.97 Å². The van der Waals surface area contributed by atoms with Crippen molar-refractivity contribution in [2.24, 2.45) is 0 Å². The number of nitrogens with zero attached hydrogens (tertiary/aromatic N) is 3. The number of hydrogen-bond donors (Lipinski definition) is 1. The first-order valence-electron chi connectivity index (χ1n) is 6.14. The van der Waals surface area contributed by atoms with Crippen molar-refractivity contribution in [3.8, 4) is 12.0 Å². The van der Waals surface area contributed by atoms with E-state index in [1.54, 1.807) is 12.1 Å². The lowest BCUT2D eigenvalue weighted by molar-refractivity contribution is 0.341. The molecule has 0 saturated heterocycles. The maximum Gasteiger partial charge on any atom is 0.324 e. The third-order valence-corrected chi connectivity index (χ3v) is 3.24. The highest BCUT2D eigenvalue weighted by Crippen LogP contribution is 2.21. The Kier molecular flexibility index (Phi) is 5.41. The summed E-state index contributed by atoms with van der Waals surface area (Å²) in [6.45, 7) is 0.595. The van der Waals surface area contributed by atoms with Gasteiger partial charge in [0.1, 0.15) is 0 Å². The van der Waals surface area contributed by atoms with Crippen LogP contribution in [0.3, 0.4) is 0 Å². The van der Waals surface area contributed by atoms with Crippen LogP contribution in [0.2, 0.25) is 10.0 Å². The van der Waals surface area contributed by atoms with Crippen LogP contribution < -0.4 is 14.8 Å². The van der Waals surface area contributed by atoms with Crippen molar-refractivity contribution in [3.05, 3.63) is 33.8 Å². The Morgan fingerprint density at radius 1 is 1.05 bits per heavy atom. The summed E-state index contributed by atoms with van der Waals surface area (Å²) in [6.07, 6.45) is 0.701. The van der Waals surface area contributed by atoms with Gasteiger partial charge in [0.05, 0.1) is 14.2 Å². The molecule has 0 fully saturated rings. The molecule has 6 nitrogen and oxygen atoms in total. The Hall–Kier alpha value is -1.79. The first kappa shape index (κ1) is 15.6. The first-order valence-corrected chi connectivity index (χ1v) is 6.90. The molecule has 1 aromatic heterocycles. The second-order valence-electron chi connectivity index (χ2n) is 4.04. The van der Waals surface area contributed by atoms with Gasteiger partial charge in [-0.1, -0.05) is 29.3 Å². The van der Waals surface area contributed by atoms with Crippen LogP contribution in [0.4, 0.5) is 5.95 Å². The number of benzene rings is 1. The molecule has 0 bridgehead atoms. The Morgan fingerprint density at radius 3 is 2.29 bits per heavy atom. The van der Waals surface area contributed by atoms with Gasteiger partial charge in [0.2, 0.25) is 5.95 Å². The van der Waals surface area contributed by atoms with Gasteiger partial charge in [-0.25, -0.2) is 0 Å². The average molecular weight is 329 g/mol. The van der Waals surface area contributed by atoms with E-state index in [1.807, 2.05) is 6.07 Å². The fourth-order valence-corrected chi connectivity index (χ4v) is 2.14. The summed E-state index contributed by atoms with van der Waals surface area (Å²) >= 11 is 12.0. The molecule has 0 spiro atoms. The molecule has 1 N–H and O–H groups in total. The molecule has 0 atom stereocenters. The van der Waals surface area contributed by atoms with Crippen molar-refractivity contribution in [1.29, 1.82) is 0 Å². The van der Waals surface area contributed by atoms with Crippen LogP contribution in [-0.4, -0.2) is 35.7 Å². The average Bonchev–Trinajstić information content (AvgIpc) is 2.49. The molecule has 0 aliphatic rings. The molecule has 112 valence electrons. The molecule has 0 amide bonds. The maximum absolute atomic E-state index is 6.11. The van der Waals surface area contributed by atoms with Crippen LogP contribution >= 0.6 is 23.2 Å². The second kappa shape index (κ2) is 7.28. The molecule has 0 radical (unpaired) electrons. The summed E-state index contributed by atoms with van der Waals surface area (Å²) in [5, 5.41) is 4.32. The number of aromatic nitrogens is 3. The van der Waals surface area contributed by atoms with E-state index in [2.05, 4.69) is 20.3 Å². The Labute approximate surface area is 132 Å². The molecule has 1 heterocycles. The molecule has 21 heavy (non-hydrogen) atoms. The second-order valence-corrected chi connectivity index (χ2v) is 4.89. The largest absolute Gasteiger partial charge is 0.467 e. The molecule has 2 aromatic rings. The lowest BCUT2D eigenvalue weighted by Gasteiger charge is -2.08. The predicted molar refractivity (Wildman–Crippen MR) is 81.6 cm³/mol. The number of hydrogen-bond acceptors (Lipinski definition) is 6. The number of rotatable bonds is 6. The molecule has 0 aliphatic carbocycles. The van der Waals surface area contributed by atoms with Gasteiger partial charge in [-0.05, 0) is 24.1 Å². The van der Waals surface area contributed by atoms with E-state index in [4.69, 9.17) is 32.7 Å².